The van der Waals surface area contributed by atoms with Gasteiger partial charge in [0.15, 0.2) is 0 Å². The molecule has 0 radical (unpaired) electrons. The number of rotatable bonds is 3. The van der Waals surface area contributed by atoms with Gasteiger partial charge in [0.2, 0.25) is 0 Å². The molecule has 17 heavy (non-hydrogen) atoms. The first kappa shape index (κ1) is 13.0. The van der Waals surface area contributed by atoms with Crippen molar-refractivity contribution in [1.29, 1.82) is 0 Å². The summed E-state index contributed by atoms with van der Waals surface area (Å²) in [4.78, 5) is 8.45. The predicted molar refractivity (Wildman–Crippen MR) is 73.2 cm³/mol. The zero-order chi connectivity index (χ0) is 12.4. The number of nitrogens with zero attached hydrogens (tertiary/aromatic N) is 2. The third-order valence-electron chi connectivity index (χ3n) is 3.57. The maximum absolute atomic E-state index is 5.95. The molecule has 0 saturated carbocycles. The standard InChI is InChI=1S/C13H23N3S/c1-9-6-4-5-7-16(9)8-12-15-11(3)13(17-12)10(2)14/h9-10H,4-8,14H2,1-3H3. The summed E-state index contributed by atoms with van der Waals surface area (Å²) in [7, 11) is 0. The largest absolute Gasteiger partial charge is 0.323 e. The quantitative estimate of drug-likeness (QED) is 0.900. The van der Waals surface area contributed by atoms with Crippen molar-refractivity contribution in [3.8, 4) is 0 Å². The molecule has 2 unspecified atom stereocenters. The van der Waals surface area contributed by atoms with Crippen LogP contribution in [0.25, 0.3) is 0 Å². The minimum atomic E-state index is 0.111. The number of aryl methyl sites for hydroxylation is 1. The highest BCUT2D eigenvalue weighted by Crippen LogP contribution is 2.26. The highest BCUT2D eigenvalue weighted by Gasteiger charge is 2.20. The van der Waals surface area contributed by atoms with Crippen LogP contribution in [0.4, 0.5) is 0 Å². The van der Waals surface area contributed by atoms with Gasteiger partial charge in [0.1, 0.15) is 5.01 Å². The van der Waals surface area contributed by atoms with Crippen molar-refractivity contribution >= 4 is 11.3 Å². The number of piperidine rings is 1. The maximum atomic E-state index is 5.95. The molecule has 0 amide bonds. The van der Waals surface area contributed by atoms with Crippen LogP contribution in [0.1, 0.15) is 54.7 Å². The fourth-order valence-electron chi connectivity index (χ4n) is 2.52. The molecule has 96 valence electrons. The number of aromatic nitrogens is 1. The Morgan fingerprint density at radius 2 is 2.29 bits per heavy atom. The zero-order valence-electron chi connectivity index (χ0n) is 11.1. The average Bonchev–Trinajstić information content (AvgIpc) is 2.63. The molecule has 0 aliphatic carbocycles. The smallest absolute Gasteiger partial charge is 0.107 e. The van der Waals surface area contributed by atoms with Gasteiger partial charge in [-0.1, -0.05) is 6.42 Å². The van der Waals surface area contributed by atoms with E-state index in [4.69, 9.17) is 5.73 Å². The summed E-state index contributed by atoms with van der Waals surface area (Å²) in [5.41, 5.74) is 7.06. The molecule has 1 aliphatic heterocycles. The van der Waals surface area contributed by atoms with Crippen molar-refractivity contribution < 1.29 is 0 Å². The van der Waals surface area contributed by atoms with E-state index >= 15 is 0 Å². The number of nitrogens with two attached hydrogens (primary N) is 1. The van der Waals surface area contributed by atoms with Crippen LogP contribution in [-0.2, 0) is 6.54 Å². The Hall–Kier alpha value is -0.450. The van der Waals surface area contributed by atoms with Gasteiger partial charge >= 0.3 is 0 Å². The average molecular weight is 253 g/mol. The lowest BCUT2D eigenvalue weighted by Crippen LogP contribution is -2.36. The predicted octanol–water partition coefficient (Wildman–Crippen LogP) is 2.85. The van der Waals surface area contributed by atoms with Crippen molar-refractivity contribution in [2.45, 2.75) is 58.7 Å². The van der Waals surface area contributed by atoms with Crippen LogP contribution in [0.3, 0.4) is 0 Å². The van der Waals surface area contributed by atoms with Gasteiger partial charge in [0.05, 0.1) is 12.2 Å². The Morgan fingerprint density at radius 1 is 1.53 bits per heavy atom. The van der Waals surface area contributed by atoms with E-state index in [1.165, 1.54) is 35.7 Å². The molecule has 1 saturated heterocycles. The van der Waals surface area contributed by atoms with Gasteiger partial charge in [-0.25, -0.2) is 4.98 Å². The maximum Gasteiger partial charge on any atom is 0.107 e. The van der Waals surface area contributed by atoms with E-state index in [1.807, 2.05) is 6.92 Å². The summed E-state index contributed by atoms with van der Waals surface area (Å²) in [5, 5.41) is 1.23. The molecule has 1 aliphatic rings. The van der Waals surface area contributed by atoms with E-state index in [0.717, 1.165) is 12.2 Å². The second-order valence-electron chi connectivity index (χ2n) is 5.16. The third-order valence-corrected chi connectivity index (χ3v) is 4.91. The molecule has 3 nitrogen and oxygen atoms in total. The molecular formula is C13H23N3S. The summed E-state index contributed by atoms with van der Waals surface area (Å²) < 4.78 is 0. The molecule has 1 aromatic rings. The highest BCUT2D eigenvalue weighted by atomic mass is 32.1. The summed E-state index contributed by atoms with van der Waals surface area (Å²) >= 11 is 1.79. The first-order valence-corrected chi connectivity index (χ1v) is 7.35. The number of hydrogen-bond donors (Lipinski definition) is 1. The van der Waals surface area contributed by atoms with Crippen LogP contribution in [0.5, 0.6) is 0 Å². The van der Waals surface area contributed by atoms with E-state index in [0.29, 0.717) is 6.04 Å². The number of hydrogen-bond acceptors (Lipinski definition) is 4. The lowest BCUT2D eigenvalue weighted by atomic mass is 10.0. The molecular weight excluding hydrogens is 230 g/mol. The van der Waals surface area contributed by atoms with Crippen LogP contribution >= 0.6 is 11.3 Å². The third kappa shape index (κ3) is 3.06. The Balaban J connectivity index is 2.05. The van der Waals surface area contributed by atoms with Crippen LogP contribution in [0.2, 0.25) is 0 Å². The van der Waals surface area contributed by atoms with Gasteiger partial charge in [-0.2, -0.15) is 0 Å². The summed E-state index contributed by atoms with van der Waals surface area (Å²) in [5.74, 6) is 0. The van der Waals surface area contributed by atoms with Crippen molar-refractivity contribution in [3.63, 3.8) is 0 Å². The van der Waals surface area contributed by atoms with Crippen molar-refractivity contribution in [2.75, 3.05) is 6.54 Å². The number of thiazole rings is 1. The minimum absolute atomic E-state index is 0.111. The molecule has 0 spiro atoms. The van der Waals surface area contributed by atoms with Gasteiger partial charge in [-0.15, -0.1) is 11.3 Å². The zero-order valence-corrected chi connectivity index (χ0v) is 11.9. The highest BCUT2D eigenvalue weighted by molar-refractivity contribution is 7.11. The van der Waals surface area contributed by atoms with Gasteiger partial charge in [-0.05, 0) is 40.2 Å². The van der Waals surface area contributed by atoms with Crippen LogP contribution in [-0.4, -0.2) is 22.5 Å². The molecule has 0 bridgehead atoms. The van der Waals surface area contributed by atoms with E-state index < -0.39 is 0 Å². The molecule has 2 rings (SSSR count). The molecule has 1 aromatic heterocycles. The second-order valence-corrected chi connectivity index (χ2v) is 6.28. The fraction of sp³-hybridized carbons (Fsp3) is 0.769. The second kappa shape index (κ2) is 5.46. The van der Waals surface area contributed by atoms with Crippen molar-refractivity contribution in [1.82, 2.24) is 9.88 Å². The monoisotopic (exact) mass is 253 g/mol. The van der Waals surface area contributed by atoms with E-state index in [1.54, 1.807) is 11.3 Å². The molecule has 2 N–H and O–H groups in total. The summed E-state index contributed by atoms with van der Waals surface area (Å²) in [6.45, 7) is 8.64. The van der Waals surface area contributed by atoms with E-state index in [-0.39, 0.29) is 6.04 Å². The lowest BCUT2D eigenvalue weighted by molar-refractivity contribution is 0.152. The Morgan fingerprint density at radius 3 is 2.88 bits per heavy atom. The fourth-order valence-corrected chi connectivity index (χ4v) is 3.57. The van der Waals surface area contributed by atoms with Crippen LogP contribution < -0.4 is 5.73 Å². The van der Waals surface area contributed by atoms with Crippen LogP contribution in [0, 0.1) is 6.92 Å². The van der Waals surface area contributed by atoms with Gasteiger partial charge in [-0.3, -0.25) is 4.90 Å². The molecule has 4 heteroatoms. The van der Waals surface area contributed by atoms with Crippen molar-refractivity contribution in [2.24, 2.45) is 5.73 Å². The lowest BCUT2D eigenvalue weighted by Gasteiger charge is -2.32. The topological polar surface area (TPSA) is 42.2 Å². The normalized spacial score (nSPS) is 23.9. The summed E-state index contributed by atoms with van der Waals surface area (Å²) in [6.07, 6.45) is 4.03. The van der Waals surface area contributed by atoms with Gasteiger partial charge in [0.25, 0.3) is 0 Å². The van der Waals surface area contributed by atoms with E-state index in [9.17, 15) is 0 Å². The number of likely N-dealkylation sites (tertiary alicyclic amines) is 1. The van der Waals surface area contributed by atoms with Gasteiger partial charge in [0, 0.05) is 17.0 Å². The Kier molecular flexibility index (Phi) is 4.17. The Bertz CT molecular complexity index is 373. The van der Waals surface area contributed by atoms with Crippen LogP contribution in [0.15, 0.2) is 0 Å². The van der Waals surface area contributed by atoms with Crippen molar-refractivity contribution in [3.05, 3.63) is 15.6 Å². The van der Waals surface area contributed by atoms with Gasteiger partial charge < -0.3 is 5.73 Å². The first-order valence-electron chi connectivity index (χ1n) is 6.53. The molecule has 0 aromatic carbocycles. The minimum Gasteiger partial charge on any atom is -0.323 e. The molecule has 2 heterocycles. The molecule has 1 fully saturated rings. The summed E-state index contributed by atoms with van der Waals surface area (Å²) in [6, 6.07) is 0.812. The SMILES string of the molecule is Cc1nc(CN2CCCCC2C)sc1C(C)N. The molecule has 2 atom stereocenters. The first-order chi connectivity index (χ1) is 8.08. The Labute approximate surface area is 108 Å². The van der Waals surface area contributed by atoms with E-state index in [2.05, 4.69) is 23.7 Å².